The van der Waals surface area contributed by atoms with Gasteiger partial charge in [0.1, 0.15) is 0 Å². The molecule has 0 heterocycles. The Morgan fingerprint density at radius 2 is 1.88 bits per heavy atom. The van der Waals surface area contributed by atoms with Gasteiger partial charge in [0, 0.05) is 19.7 Å². The van der Waals surface area contributed by atoms with E-state index in [9.17, 15) is 0 Å². The van der Waals surface area contributed by atoms with E-state index < -0.39 is 0 Å². The minimum Gasteiger partial charge on any atom is -0.377 e. The molecule has 0 unspecified atom stereocenters. The van der Waals surface area contributed by atoms with Gasteiger partial charge in [0.05, 0.1) is 5.60 Å². The van der Waals surface area contributed by atoms with Gasteiger partial charge < -0.3 is 9.64 Å². The zero-order chi connectivity index (χ0) is 12.4. The van der Waals surface area contributed by atoms with Crippen molar-refractivity contribution < 1.29 is 4.74 Å². The molecule has 1 aliphatic carbocycles. The van der Waals surface area contributed by atoms with E-state index in [4.69, 9.17) is 4.74 Å². The van der Waals surface area contributed by atoms with Gasteiger partial charge in [-0.3, -0.25) is 0 Å². The molecule has 0 bridgehead atoms. The summed E-state index contributed by atoms with van der Waals surface area (Å²) in [5.74, 6) is 0. The van der Waals surface area contributed by atoms with Crippen molar-refractivity contribution in [1.29, 1.82) is 0 Å². The normalized spacial score (nSPS) is 21.2. The Morgan fingerprint density at radius 1 is 1.31 bits per heavy atom. The van der Waals surface area contributed by atoms with Crippen molar-refractivity contribution >= 4 is 0 Å². The molecule has 1 atom stereocenters. The Morgan fingerprint density at radius 3 is 2.19 bits per heavy atom. The third-order valence-corrected chi connectivity index (χ3v) is 3.72. The molecule has 96 valence electrons. The third-order valence-electron chi connectivity index (χ3n) is 3.72. The maximum absolute atomic E-state index is 5.60. The summed E-state index contributed by atoms with van der Waals surface area (Å²) in [6, 6.07) is 0.688. The second kappa shape index (κ2) is 5.05. The van der Waals surface area contributed by atoms with Crippen LogP contribution in [0.25, 0.3) is 0 Å². The van der Waals surface area contributed by atoms with Crippen LogP contribution in [-0.2, 0) is 4.74 Å². The molecule has 0 spiro atoms. The highest BCUT2D eigenvalue weighted by atomic mass is 16.5. The van der Waals surface area contributed by atoms with Crippen molar-refractivity contribution in [3.8, 4) is 0 Å². The van der Waals surface area contributed by atoms with Crippen LogP contribution in [0, 0.1) is 5.41 Å². The largest absolute Gasteiger partial charge is 0.377 e. The van der Waals surface area contributed by atoms with Crippen LogP contribution >= 0.6 is 0 Å². The van der Waals surface area contributed by atoms with Gasteiger partial charge in [0.25, 0.3) is 0 Å². The number of rotatable bonds is 6. The Bertz CT molecular complexity index is 215. The molecular weight excluding hydrogens is 198 g/mol. The van der Waals surface area contributed by atoms with Gasteiger partial charge in [-0.05, 0) is 38.1 Å². The molecule has 0 aromatic rings. The molecule has 2 nitrogen and oxygen atoms in total. The predicted molar refractivity (Wildman–Crippen MR) is 69.8 cm³/mol. The number of nitrogens with zero attached hydrogens (tertiary/aromatic N) is 1. The lowest BCUT2D eigenvalue weighted by Gasteiger charge is -2.34. The molecule has 1 saturated carbocycles. The van der Waals surface area contributed by atoms with Crippen LogP contribution in [0.5, 0.6) is 0 Å². The van der Waals surface area contributed by atoms with Gasteiger partial charge in [-0.15, -0.1) is 0 Å². The van der Waals surface area contributed by atoms with Crippen LogP contribution in [0.2, 0.25) is 0 Å². The number of hydrogen-bond donors (Lipinski definition) is 0. The summed E-state index contributed by atoms with van der Waals surface area (Å²) in [7, 11) is 4.10. The van der Waals surface area contributed by atoms with Crippen LogP contribution < -0.4 is 0 Å². The Balaban J connectivity index is 2.46. The van der Waals surface area contributed by atoms with E-state index in [-0.39, 0.29) is 5.60 Å². The molecule has 0 aliphatic heterocycles. The monoisotopic (exact) mass is 227 g/mol. The van der Waals surface area contributed by atoms with E-state index in [1.165, 1.54) is 25.7 Å². The lowest BCUT2D eigenvalue weighted by Crippen LogP contribution is -2.40. The molecule has 0 N–H and O–H groups in total. The zero-order valence-electron chi connectivity index (χ0n) is 12.0. The highest BCUT2D eigenvalue weighted by Gasteiger charge is 2.44. The third kappa shape index (κ3) is 4.06. The number of methoxy groups -OCH3 is 1. The van der Waals surface area contributed by atoms with Crippen LogP contribution in [0.3, 0.4) is 0 Å². The standard InChI is InChI=1S/C14H29NO/c1-7-12(10-13(2,3)4)15(5)11-14(16-6)8-9-14/h12H,7-11H2,1-6H3/t12-/m0/s1. The number of ether oxygens (including phenoxy) is 1. The fourth-order valence-corrected chi connectivity index (χ4v) is 2.47. The first-order chi connectivity index (χ1) is 7.32. The maximum atomic E-state index is 5.60. The fraction of sp³-hybridized carbons (Fsp3) is 1.00. The molecule has 1 aliphatic rings. The lowest BCUT2D eigenvalue weighted by atomic mass is 9.86. The first-order valence-electron chi connectivity index (χ1n) is 6.57. The summed E-state index contributed by atoms with van der Waals surface area (Å²) in [6.45, 7) is 10.4. The van der Waals surface area contributed by atoms with E-state index in [1.54, 1.807) is 0 Å². The van der Waals surface area contributed by atoms with Crippen molar-refractivity contribution in [2.24, 2.45) is 5.41 Å². The fourth-order valence-electron chi connectivity index (χ4n) is 2.47. The Labute approximate surface area is 101 Å². The summed E-state index contributed by atoms with van der Waals surface area (Å²) in [6.07, 6.45) is 4.97. The molecule has 0 aromatic heterocycles. The van der Waals surface area contributed by atoms with Crippen LogP contribution in [-0.4, -0.2) is 37.2 Å². The van der Waals surface area contributed by atoms with Gasteiger partial charge in [0.15, 0.2) is 0 Å². The smallest absolute Gasteiger partial charge is 0.0807 e. The summed E-state index contributed by atoms with van der Waals surface area (Å²) in [5, 5.41) is 0. The molecule has 0 saturated heterocycles. The summed E-state index contributed by atoms with van der Waals surface area (Å²) >= 11 is 0. The molecule has 0 amide bonds. The quantitative estimate of drug-likeness (QED) is 0.690. The molecule has 0 aromatic carbocycles. The zero-order valence-corrected chi connectivity index (χ0v) is 12.0. The van der Waals surface area contributed by atoms with Crippen molar-refractivity contribution in [1.82, 2.24) is 4.90 Å². The summed E-state index contributed by atoms with van der Waals surface area (Å²) in [4.78, 5) is 2.50. The minimum absolute atomic E-state index is 0.194. The second-order valence-corrected chi connectivity index (χ2v) is 6.63. The highest BCUT2D eigenvalue weighted by molar-refractivity contribution is 4.98. The second-order valence-electron chi connectivity index (χ2n) is 6.63. The SMILES string of the molecule is CC[C@@H](CC(C)(C)C)N(C)CC1(OC)CC1. The molecular formula is C14H29NO. The molecule has 16 heavy (non-hydrogen) atoms. The van der Waals surface area contributed by atoms with Gasteiger partial charge in [-0.25, -0.2) is 0 Å². The maximum Gasteiger partial charge on any atom is 0.0807 e. The molecule has 0 radical (unpaired) electrons. The highest BCUT2D eigenvalue weighted by Crippen LogP contribution is 2.40. The predicted octanol–water partition coefficient (Wildman–Crippen LogP) is 3.31. The lowest BCUT2D eigenvalue weighted by molar-refractivity contribution is 0.0320. The van der Waals surface area contributed by atoms with Crippen molar-refractivity contribution in [2.75, 3.05) is 20.7 Å². The van der Waals surface area contributed by atoms with Crippen molar-refractivity contribution in [3.05, 3.63) is 0 Å². The van der Waals surface area contributed by atoms with Crippen LogP contribution in [0.15, 0.2) is 0 Å². The Kier molecular flexibility index (Phi) is 4.42. The average molecular weight is 227 g/mol. The van der Waals surface area contributed by atoms with E-state index in [0.29, 0.717) is 11.5 Å². The van der Waals surface area contributed by atoms with Gasteiger partial charge in [0.2, 0.25) is 0 Å². The molecule has 2 heteroatoms. The van der Waals surface area contributed by atoms with Crippen molar-refractivity contribution in [3.63, 3.8) is 0 Å². The topological polar surface area (TPSA) is 12.5 Å². The van der Waals surface area contributed by atoms with Gasteiger partial charge in [-0.2, -0.15) is 0 Å². The minimum atomic E-state index is 0.194. The Hall–Kier alpha value is -0.0800. The molecule has 1 fully saturated rings. The summed E-state index contributed by atoms with van der Waals surface area (Å²) < 4.78 is 5.60. The van der Waals surface area contributed by atoms with Gasteiger partial charge in [-0.1, -0.05) is 27.7 Å². The van der Waals surface area contributed by atoms with Crippen LogP contribution in [0.4, 0.5) is 0 Å². The van der Waals surface area contributed by atoms with E-state index >= 15 is 0 Å². The van der Waals surface area contributed by atoms with E-state index in [2.05, 4.69) is 39.6 Å². The van der Waals surface area contributed by atoms with E-state index in [0.717, 1.165) is 6.54 Å². The van der Waals surface area contributed by atoms with Crippen molar-refractivity contribution in [2.45, 2.75) is 65.0 Å². The first-order valence-corrected chi connectivity index (χ1v) is 6.57. The molecule has 1 rings (SSSR count). The number of likely N-dealkylation sites (N-methyl/N-ethyl adjacent to an activating group) is 1. The van der Waals surface area contributed by atoms with Gasteiger partial charge >= 0.3 is 0 Å². The first kappa shape index (κ1) is 14.0. The van der Waals surface area contributed by atoms with Crippen LogP contribution in [0.1, 0.15) is 53.4 Å². The summed E-state index contributed by atoms with van der Waals surface area (Å²) in [5.41, 5.74) is 0.610. The number of hydrogen-bond acceptors (Lipinski definition) is 2. The average Bonchev–Trinajstić information content (AvgIpc) is 2.93. The van der Waals surface area contributed by atoms with E-state index in [1.807, 2.05) is 7.11 Å².